The van der Waals surface area contributed by atoms with Crippen LogP contribution in [0, 0.1) is 0 Å². The lowest BCUT2D eigenvalue weighted by molar-refractivity contribution is -0.139. The van der Waals surface area contributed by atoms with Crippen LogP contribution in [0.15, 0.2) is 44.5 Å². The van der Waals surface area contributed by atoms with E-state index in [0.29, 0.717) is 0 Å². The molecule has 3 rings (SSSR count). The summed E-state index contributed by atoms with van der Waals surface area (Å²) < 4.78 is 31.3. The maximum absolute atomic E-state index is 12.9. The van der Waals surface area contributed by atoms with Gasteiger partial charge in [0.2, 0.25) is 0 Å². The molecule has 0 aromatic carbocycles. The highest BCUT2D eigenvalue weighted by Gasteiger charge is 2.33. The minimum absolute atomic E-state index is 0.00327. The Hall–Kier alpha value is -2.13. The third-order valence-electron chi connectivity index (χ3n) is 4.86. The van der Waals surface area contributed by atoms with E-state index < -0.39 is 26.9 Å². The topological polar surface area (TPSA) is 105 Å². The molecular weight excluding hydrogens is 400 g/mol. The van der Waals surface area contributed by atoms with Crippen molar-refractivity contribution in [2.75, 3.05) is 6.54 Å². The largest absolute Gasteiger partial charge is 0.468 e. The van der Waals surface area contributed by atoms with Gasteiger partial charge in [-0.1, -0.05) is 31.7 Å². The molecule has 2 heterocycles. The molecule has 0 aliphatic heterocycles. The van der Waals surface area contributed by atoms with Gasteiger partial charge in [-0.25, -0.2) is 8.42 Å². The second-order valence-electron chi connectivity index (χ2n) is 6.85. The summed E-state index contributed by atoms with van der Waals surface area (Å²) >= 11 is 1.10. The highest BCUT2D eigenvalue weighted by Crippen LogP contribution is 2.31. The molecule has 1 aliphatic rings. The standard InChI is InChI=1S/C19H24N2O5S2/c22-18(19(23)21-14-7-3-1-2-4-8-14)20-13-16(15-9-5-11-26-15)28(24,25)17-10-6-12-27-17/h5-6,9-12,14,16H,1-4,7-8,13H2,(H,20,22)(H,21,23). The lowest BCUT2D eigenvalue weighted by Crippen LogP contribution is -2.45. The molecule has 1 unspecified atom stereocenters. The van der Waals surface area contributed by atoms with Gasteiger partial charge in [0.25, 0.3) is 0 Å². The van der Waals surface area contributed by atoms with Crippen molar-refractivity contribution in [2.45, 2.75) is 54.0 Å². The molecule has 1 atom stereocenters. The minimum atomic E-state index is -3.76. The molecule has 9 heteroatoms. The van der Waals surface area contributed by atoms with E-state index in [4.69, 9.17) is 4.42 Å². The summed E-state index contributed by atoms with van der Waals surface area (Å²) in [4.78, 5) is 24.5. The van der Waals surface area contributed by atoms with Gasteiger partial charge in [0.15, 0.2) is 9.84 Å². The average Bonchev–Trinajstić information content (AvgIpc) is 3.34. The second kappa shape index (κ2) is 9.38. The number of furan rings is 1. The first-order chi connectivity index (χ1) is 13.5. The number of carbonyl (C=O) groups is 2. The van der Waals surface area contributed by atoms with E-state index in [1.54, 1.807) is 23.6 Å². The Kier molecular flexibility index (Phi) is 6.90. The molecule has 2 aromatic heterocycles. The third-order valence-corrected chi connectivity index (χ3v) is 8.35. The van der Waals surface area contributed by atoms with Crippen molar-refractivity contribution in [3.8, 4) is 0 Å². The van der Waals surface area contributed by atoms with Crippen molar-refractivity contribution in [1.29, 1.82) is 0 Å². The molecule has 0 radical (unpaired) electrons. The summed E-state index contributed by atoms with van der Waals surface area (Å²) in [6.07, 6.45) is 7.46. The van der Waals surface area contributed by atoms with E-state index in [9.17, 15) is 18.0 Å². The number of thiophene rings is 1. The van der Waals surface area contributed by atoms with Crippen LogP contribution in [0.4, 0.5) is 0 Å². The van der Waals surface area contributed by atoms with Gasteiger partial charge in [-0.2, -0.15) is 0 Å². The molecule has 2 amide bonds. The number of rotatable bonds is 6. The number of hydrogen-bond acceptors (Lipinski definition) is 6. The van der Waals surface area contributed by atoms with E-state index in [-0.39, 0.29) is 22.6 Å². The molecular formula is C19H24N2O5S2. The fourth-order valence-corrected chi connectivity index (χ4v) is 6.13. The van der Waals surface area contributed by atoms with Crippen LogP contribution in [0.5, 0.6) is 0 Å². The number of amides is 2. The van der Waals surface area contributed by atoms with Crippen molar-refractivity contribution in [2.24, 2.45) is 0 Å². The van der Waals surface area contributed by atoms with E-state index in [1.807, 2.05) is 0 Å². The zero-order chi connectivity index (χ0) is 20.0. The molecule has 152 valence electrons. The van der Waals surface area contributed by atoms with Crippen molar-refractivity contribution >= 4 is 33.0 Å². The summed E-state index contributed by atoms with van der Waals surface area (Å²) in [5.74, 6) is -1.33. The maximum atomic E-state index is 12.9. The van der Waals surface area contributed by atoms with Gasteiger partial charge >= 0.3 is 11.8 Å². The molecule has 1 fully saturated rings. The van der Waals surface area contributed by atoms with Crippen LogP contribution in [0.2, 0.25) is 0 Å². The Morgan fingerprint density at radius 1 is 1.11 bits per heavy atom. The Morgan fingerprint density at radius 3 is 2.46 bits per heavy atom. The van der Waals surface area contributed by atoms with Crippen LogP contribution >= 0.6 is 11.3 Å². The molecule has 7 nitrogen and oxygen atoms in total. The molecule has 0 saturated heterocycles. The molecule has 0 spiro atoms. The molecule has 2 aromatic rings. The monoisotopic (exact) mass is 424 g/mol. The summed E-state index contributed by atoms with van der Waals surface area (Å²) in [5, 5.41) is 5.79. The Morgan fingerprint density at radius 2 is 1.86 bits per heavy atom. The molecule has 1 aliphatic carbocycles. The summed E-state index contributed by atoms with van der Waals surface area (Å²) in [7, 11) is -3.76. The van der Waals surface area contributed by atoms with Crippen LogP contribution in [-0.2, 0) is 19.4 Å². The number of sulfone groups is 1. The highest BCUT2D eigenvalue weighted by atomic mass is 32.2. The first-order valence-corrected chi connectivity index (χ1v) is 11.8. The van der Waals surface area contributed by atoms with E-state index in [0.717, 1.165) is 49.9 Å². The van der Waals surface area contributed by atoms with Crippen LogP contribution in [0.25, 0.3) is 0 Å². The smallest absolute Gasteiger partial charge is 0.309 e. The van der Waals surface area contributed by atoms with Gasteiger partial charge < -0.3 is 15.1 Å². The van der Waals surface area contributed by atoms with E-state index in [1.165, 1.54) is 12.3 Å². The summed E-state index contributed by atoms with van der Waals surface area (Å²) in [6.45, 7) is -0.245. The fourth-order valence-electron chi connectivity index (χ4n) is 3.34. The first-order valence-electron chi connectivity index (χ1n) is 9.38. The lowest BCUT2D eigenvalue weighted by Gasteiger charge is -2.18. The van der Waals surface area contributed by atoms with Crippen LogP contribution in [0.3, 0.4) is 0 Å². The zero-order valence-electron chi connectivity index (χ0n) is 15.4. The molecule has 1 saturated carbocycles. The quantitative estimate of drug-likeness (QED) is 0.548. The Bertz CT molecular complexity index is 868. The van der Waals surface area contributed by atoms with Crippen LogP contribution in [-0.4, -0.2) is 32.8 Å². The number of nitrogens with one attached hydrogen (secondary N) is 2. The third kappa shape index (κ3) is 5.02. The van der Waals surface area contributed by atoms with E-state index >= 15 is 0 Å². The number of hydrogen-bond donors (Lipinski definition) is 2. The van der Waals surface area contributed by atoms with Crippen molar-refractivity contribution in [3.05, 3.63) is 41.7 Å². The Labute approximate surface area is 168 Å². The highest BCUT2D eigenvalue weighted by molar-refractivity contribution is 7.93. The predicted molar refractivity (Wildman–Crippen MR) is 106 cm³/mol. The van der Waals surface area contributed by atoms with Gasteiger partial charge in [0.05, 0.1) is 6.26 Å². The number of carbonyl (C=O) groups excluding carboxylic acids is 2. The van der Waals surface area contributed by atoms with E-state index in [2.05, 4.69) is 10.6 Å². The SMILES string of the molecule is O=C(NCC(c1ccco1)S(=O)(=O)c1cccs1)C(=O)NC1CCCCCC1. The first kappa shape index (κ1) is 20.6. The van der Waals surface area contributed by atoms with Crippen molar-refractivity contribution in [3.63, 3.8) is 0 Å². The molecule has 2 N–H and O–H groups in total. The molecule has 28 heavy (non-hydrogen) atoms. The van der Waals surface area contributed by atoms with Crippen LogP contribution < -0.4 is 10.6 Å². The van der Waals surface area contributed by atoms with Gasteiger partial charge in [-0.15, -0.1) is 11.3 Å². The van der Waals surface area contributed by atoms with Crippen molar-refractivity contribution in [1.82, 2.24) is 10.6 Å². The maximum Gasteiger partial charge on any atom is 0.309 e. The zero-order valence-corrected chi connectivity index (χ0v) is 17.1. The van der Waals surface area contributed by atoms with Crippen molar-refractivity contribution < 1.29 is 22.4 Å². The minimum Gasteiger partial charge on any atom is -0.468 e. The van der Waals surface area contributed by atoms with Gasteiger partial charge in [0, 0.05) is 12.6 Å². The van der Waals surface area contributed by atoms with Gasteiger partial charge in [0.1, 0.15) is 15.2 Å². The summed E-state index contributed by atoms with van der Waals surface area (Å²) in [5.41, 5.74) is 0. The predicted octanol–water partition coefficient (Wildman–Crippen LogP) is 2.81. The van der Waals surface area contributed by atoms with Crippen LogP contribution in [0.1, 0.15) is 49.5 Å². The average molecular weight is 425 g/mol. The lowest BCUT2D eigenvalue weighted by atomic mass is 10.1. The normalized spacial score (nSPS) is 16.9. The Balaban J connectivity index is 1.65. The summed E-state index contributed by atoms with van der Waals surface area (Å²) in [6, 6.07) is 6.29. The van der Waals surface area contributed by atoms with Gasteiger partial charge in [-0.05, 0) is 36.4 Å². The molecule has 0 bridgehead atoms. The van der Waals surface area contributed by atoms with Gasteiger partial charge in [-0.3, -0.25) is 9.59 Å². The second-order valence-corrected chi connectivity index (χ2v) is 10.2. The fraction of sp³-hybridized carbons (Fsp3) is 0.474.